The van der Waals surface area contributed by atoms with Crippen LogP contribution in [0.15, 0.2) is 18.2 Å². The lowest BCUT2D eigenvalue weighted by molar-refractivity contribution is 0.268. The average Bonchev–Trinajstić information content (AvgIpc) is 2.26. The molecule has 0 bridgehead atoms. The smallest absolute Gasteiger partial charge is 0.0624 e. The van der Waals surface area contributed by atoms with Crippen LogP contribution in [0.25, 0.3) is 0 Å². The van der Waals surface area contributed by atoms with Crippen molar-refractivity contribution >= 4 is 0 Å². The number of aliphatic hydroxyl groups is 1. The van der Waals surface area contributed by atoms with E-state index in [4.69, 9.17) is 10.8 Å². The Bertz CT molecular complexity index is 296. The predicted octanol–water partition coefficient (Wildman–Crippen LogP) is 1.80. The molecule has 0 spiro atoms. The highest BCUT2D eigenvalue weighted by atomic mass is 16.3. The zero-order valence-corrected chi connectivity index (χ0v) is 8.96. The lowest BCUT2D eigenvalue weighted by Crippen LogP contribution is -2.14. The van der Waals surface area contributed by atoms with Gasteiger partial charge in [0.1, 0.15) is 0 Å². The number of nitrogens with two attached hydrogens (primary N) is 1. The zero-order chi connectivity index (χ0) is 10.6. The number of aryl methyl sites for hydroxylation is 2. The van der Waals surface area contributed by atoms with Gasteiger partial charge in [-0.1, -0.05) is 32.0 Å². The molecular formula is C12H19NO. The molecule has 0 aromatic heterocycles. The Kier molecular flexibility index (Phi) is 4.11. The van der Waals surface area contributed by atoms with Crippen LogP contribution < -0.4 is 5.73 Å². The van der Waals surface area contributed by atoms with Crippen LogP contribution in [-0.4, -0.2) is 11.7 Å². The minimum atomic E-state index is -0.244. The van der Waals surface area contributed by atoms with Crippen molar-refractivity contribution in [3.8, 4) is 0 Å². The number of hydrogen-bond acceptors (Lipinski definition) is 2. The quantitative estimate of drug-likeness (QED) is 0.766. The van der Waals surface area contributed by atoms with Gasteiger partial charge in [-0.15, -0.1) is 0 Å². The Labute approximate surface area is 85.8 Å². The molecule has 0 radical (unpaired) electrons. The second-order valence-electron chi connectivity index (χ2n) is 3.52. The molecule has 2 nitrogen and oxygen atoms in total. The Morgan fingerprint density at radius 1 is 1.21 bits per heavy atom. The summed E-state index contributed by atoms with van der Waals surface area (Å²) in [6.45, 7) is 4.30. The van der Waals surface area contributed by atoms with Crippen LogP contribution in [0.5, 0.6) is 0 Å². The maximum Gasteiger partial charge on any atom is 0.0624 e. The summed E-state index contributed by atoms with van der Waals surface area (Å²) in [4.78, 5) is 0. The Hall–Kier alpha value is -0.860. The zero-order valence-electron chi connectivity index (χ0n) is 8.96. The summed E-state index contributed by atoms with van der Waals surface area (Å²) < 4.78 is 0. The molecule has 0 saturated heterocycles. The molecule has 1 aromatic rings. The van der Waals surface area contributed by atoms with Crippen molar-refractivity contribution in [2.45, 2.75) is 32.7 Å². The van der Waals surface area contributed by atoms with Gasteiger partial charge < -0.3 is 10.8 Å². The Balaban J connectivity index is 3.01. The first-order chi connectivity index (χ1) is 6.72. The van der Waals surface area contributed by atoms with Gasteiger partial charge >= 0.3 is 0 Å². The summed E-state index contributed by atoms with van der Waals surface area (Å²) in [5, 5.41) is 8.95. The fourth-order valence-electron chi connectivity index (χ4n) is 1.66. The first-order valence-corrected chi connectivity index (χ1v) is 5.21. The SMILES string of the molecule is CCc1ccc(C(N)CO)cc1CC. The number of hydrogen-bond donors (Lipinski definition) is 2. The van der Waals surface area contributed by atoms with E-state index in [1.54, 1.807) is 0 Å². The van der Waals surface area contributed by atoms with E-state index in [0.717, 1.165) is 18.4 Å². The van der Waals surface area contributed by atoms with Crippen molar-refractivity contribution < 1.29 is 5.11 Å². The third-order valence-corrected chi connectivity index (χ3v) is 2.62. The normalized spacial score (nSPS) is 12.9. The summed E-state index contributed by atoms with van der Waals surface area (Å²) in [5.74, 6) is 0. The molecular weight excluding hydrogens is 174 g/mol. The fraction of sp³-hybridized carbons (Fsp3) is 0.500. The number of benzene rings is 1. The van der Waals surface area contributed by atoms with Crippen molar-refractivity contribution in [3.05, 3.63) is 34.9 Å². The topological polar surface area (TPSA) is 46.2 Å². The monoisotopic (exact) mass is 193 g/mol. The molecule has 0 amide bonds. The number of rotatable bonds is 4. The third-order valence-electron chi connectivity index (χ3n) is 2.62. The highest BCUT2D eigenvalue weighted by molar-refractivity contribution is 5.33. The van der Waals surface area contributed by atoms with Gasteiger partial charge in [0.05, 0.1) is 12.6 Å². The maximum absolute atomic E-state index is 8.95. The molecule has 0 aliphatic carbocycles. The van der Waals surface area contributed by atoms with E-state index in [2.05, 4.69) is 26.0 Å². The van der Waals surface area contributed by atoms with Crippen LogP contribution in [0.2, 0.25) is 0 Å². The molecule has 78 valence electrons. The Morgan fingerprint density at radius 2 is 1.86 bits per heavy atom. The molecule has 3 N–H and O–H groups in total. The van der Waals surface area contributed by atoms with Crippen LogP contribution in [0.4, 0.5) is 0 Å². The summed E-state index contributed by atoms with van der Waals surface area (Å²) in [7, 11) is 0. The van der Waals surface area contributed by atoms with Gasteiger partial charge in [0, 0.05) is 0 Å². The fourth-order valence-corrected chi connectivity index (χ4v) is 1.66. The van der Waals surface area contributed by atoms with E-state index in [9.17, 15) is 0 Å². The largest absolute Gasteiger partial charge is 0.394 e. The van der Waals surface area contributed by atoms with Crippen LogP contribution in [0.3, 0.4) is 0 Å². The second kappa shape index (κ2) is 5.13. The number of aliphatic hydroxyl groups excluding tert-OH is 1. The van der Waals surface area contributed by atoms with Gasteiger partial charge in [0.25, 0.3) is 0 Å². The van der Waals surface area contributed by atoms with Gasteiger partial charge in [-0.3, -0.25) is 0 Å². The van der Waals surface area contributed by atoms with E-state index < -0.39 is 0 Å². The second-order valence-corrected chi connectivity index (χ2v) is 3.52. The first-order valence-electron chi connectivity index (χ1n) is 5.21. The molecule has 1 unspecified atom stereocenters. The minimum absolute atomic E-state index is 0.00856. The van der Waals surface area contributed by atoms with Crippen LogP contribution >= 0.6 is 0 Å². The molecule has 1 aromatic carbocycles. The predicted molar refractivity (Wildman–Crippen MR) is 59.2 cm³/mol. The highest BCUT2D eigenvalue weighted by Crippen LogP contribution is 2.17. The van der Waals surface area contributed by atoms with E-state index in [1.807, 2.05) is 6.07 Å². The van der Waals surface area contributed by atoms with Crippen molar-refractivity contribution in [2.24, 2.45) is 5.73 Å². The van der Waals surface area contributed by atoms with Gasteiger partial charge in [-0.25, -0.2) is 0 Å². The standard InChI is InChI=1S/C12H19NO/c1-3-9-5-6-11(12(13)8-14)7-10(9)4-2/h5-7,12,14H,3-4,8,13H2,1-2H3. The van der Waals surface area contributed by atoms with Crippen LogP contribution in [0.1, 0.15) is 36.6 Å². The van der Waals surface area contributed by atoms with Gasteiger partial charge in [-0.2, -0.15) is 0 Å². The van der Waals surface area contributed by atoms with Gasteiger partial charge in [0.2, 0.25) is 0 Å². The summed E-state index contributed by atoms with van der Waals surface area (Å²) >= 11 is 0. The lowest BCUT2D eigenvalue weighted by atomic mass is 9.97. The van der Waals surface area contributed by atoms with Gasteiger partial charge in [0.15, 0.2) is 0 Å². The lowest BCUT2D eigenvalue weighted by Gasteiger charge is -2.12. The first kappa shape index (κ1) is 11.2. The molecule has 0 aliphatic heterocycles. The highest BCUT2D eigenvalue weighted by Gasteiger charge is 2.06. The summed E-state index contributed by atoms with van der Waals surface area (Å²) in [6.07, 6.45) is 2.08. The maximum atomic E-state index is 8.95. The van der Waals surface area contributed by atoms with Crippen molar-refractivity contribution in [3.63, 3.8) is 0 Å². The van der Waals surface area contributed by atoms with E-state index in [-0.39, 0.29) is 12.6 Å². The molecule has 0 saturated carbocycles. The van der Waals surface area contributed by atoms with Gasteiger partial charge in [-0.05, 0) is 29.5 Å². The Morgan fingerprint density at radius 3 is 2.36 bits per heavy atom. The molecule has 0 aliphatic rings. The van der Waals surface area contributed by atoms with Crippen molar-refractivity contribution in [1.82, 2.24) is 0 Å². The van der Waals surface area contributed by atoms with Crippen molar-refractivity contribution in [2.75, 3.05) is 6.61 Å². The molecule has 2 heteroatoms. The minimum Gasteiger partial charge on any atom is -0.394 e. The van der Waals surface area contributed by atoms with E-state index in [0.29, 0.717) is 0 Å². The molecule has 1 rings (SSSR count). The van der Waals surface area contributed by atoms with Crippen LogP contribution in [0, 0.1) is 0 Å². The van der Waals surface area contributed by atoms with Crippen LogP contribution in [-0.2, 0) is 12.8 Å². The average molecular weight is 193 g/mol. The van der Waals surface area contributed by atoms with E-state index in [1.165, 1.54) is 11.1 Å². The molecule has 1 atom stereocenters. The molecule has 0 fully saturated rings. The molecule has 0 heterocycles. The summed E-state index contributed by atoms with van der Waals surface area (Å²) in [6, 6.07) is 5.99. The molecule has 14 heavy (non-hydrogen) atoms. The third kappa shape index (κ3) is 2.34. The van der Waals surface area contributed by atoms with Crippen molar-refractivity contribution in [1.29, 1.82) is 0 Å². The summed E-state index contributed by atoms with van der Waals surface area (Å²) in [5.41, 5.74) is 9.51. The van der Waals surface area contributed by atoms with E-state index >= 15 is 0 Å².